The number of unbranched alkanes of at least 4 members (excludes halogenated alkanes) is 1. The number of amides is 2. The Labute approximate surface area is 173 Å². The fraction of sp³-hybridized carbons (Fsp3) is 0.619. The molecular formula is C21H31N3O4S. The topological polar surface area (TPSA) is 95.6 Å². The van der Waals surface area contributed by atoms with Gasteiger partial charge in [0.05, 0.1) is 10.8 Å². The van der Waals surface area contributed by atoms with Gasteiger partial charge in [-0.1, -0.05) is 32.6 Å². The van der Waals surface area contributed by atoms with E-state index < -0.39 is 10.0 Å². The summed E-state index contributed by atoms with van der Waals surface area (Å²) in [5.41, 5.74) is 0.533. The van der Waals surface area contributed by atoms with E-state index in [4.69, 9.17) is 0 Å². The van der Waals surface area contributed by atoms with E-state index in [1.165, 1.54) is 18.6 Å². The molecule has 1 aromatic rings. The monoisotopic (exact) mass is 421 g/mol. The minimum Gasteiger partial charge on any atom is -0.339 e. The molecule has 2 aliphatic rings. The molecule has 1 aliphatic carbocycles. The van der Waals surface area contributed by atoms with Gasteiger partial charge < -0.3 is 10.2 Å². The average molecular weight is 422 g/mol. The van der Waals surface area contributed by atoms with Gasteiger partial charge in [-0.3, -0.25) is 9.59 Å². The summed E-state index contributed by atoms with van der Waals surface area (Å²) >= 11 is 0. The number of likely N-dealkylation sites (tertiary alicyclic amines) is 1. The molecule has 2 fully saturated rings. The summed E-state index contributed by atoms with van der Waals surface area (Å²) in [5.74, 6) is -0.478. The Kier molecular flexibility index (Phi) is 7.29. The highest BCUT2D eigenvalue weighted by atomic mass is 32.2. The second-order valence-corrected chi connectivity index (χ2v) is 9.77. The number of carbonyl (C=O) groups excluding carboxylic acids is 2. The summed E-state index contributed by atoms with van der Waals surface area (Å²) in [4.78, 5) is 27.1. The minimum absolute atomic E-state index is 0.0663. The van der Waals surface area contributed by atoms with Crippen LogP contribution in [0.4, 0.5) is 5.69 Å². The second kappa shape index (κ2) is 9.71. The van der Waals surface area contributed by atoms with Crippen molar-refractivity contribution in [2.45, 2.75) is 69.2 Å². The molecular weight excluding hydrogens is 390 g/mol. The number of nitrogens with zero attached hydrogens (tertiary/aromatic N) is 1. The van der Waals surface area contributed by atoms with Crippen LogP contribution in [0.3, 0.4) is 0 Å². The zero-order valence-corrected chi connectivity index (χ0v) is 17.8. The van der Waals surface area contributed by atoms with Crippen LogP contribution in [0.1, 0.15) is 58.3 Å². The predicted octanol–water partition coefficient (Wildman–Crippen LogP) is 2.88. The number of nitrogens with one attached hydrogen (secondary N) is 2. The molecule has 1 aliphatic heterocycles. The third kappa shape index (κ3) is 5.57. The van der Waals surface area contributed by atoms with Crippen LogP contribution < -0.4 is 10.0 Å². The standard InChI is InChI=1S/C21H31N3O4S/c1-2-3-13-22-29(27,28)19-11-9-17(10-12-19)23-21(26)16-14-20(25)24(15-16)18-7-5-4-6-8-18/h9-12,16,18,22H,2-8,13-15H2,1H3,(H,23,26)/t16-/m0/s1. The molecule has 7 nitrogen and oxygen atoms in total. The highest BCUT2D eigenvalue weighted by molar-refractivity contribution is 7.89. The molecule has 1 aromatic carbocycles. The van der Waals surface area contributed by atoms with Crippen LogP contribution in [0, 0.1) is 5.92 Å². The van der Waals surface area contributed by atoms with Crippen molar-refractivity contribution in [1.82, 2.24) is 9.62 Å². The van der Waals surface area contributed by atoms with Gasteiger partial charge in [0, 0.05) is 31.2 Å². The zero-order valence-electron chi connectivity index (χ0n) is 17.0. The van der Waals surface area contributed by atoms with E-state index in [0.717, 1.165) is 38.5 Å². The summed E-state index contributed by atoms with van der Waals surface area (Å²) in [6.45, 7) is 2.88. The van der Waals surface area contributed by atoms with Gasteiger partial charge in [-0.2, -0.15) is 0 Å². The lowest BCUT2D eigenvalue weighted by Crippen LogP contribution is -2.38. The summed E-state index contributed by atoms with van der Waals surface area (Å²) in [5, 5.41) is 2.83. The van der Waals surface area contributed by atoms with Gasteiger partial charge in [0.1, 0.15) is 0 Å². The Bertz CT molecular complexity index is 817. The minimum atomic E-state index is -3.53. The molecule has 2 N–H and O–H groups in total. The largest absolute Gasteiger partial charge is 0.339 e. The van der Waals surface area contributed by atoms with Gasteiger partial charge in [0.15, 0.2) is 0 Å². The summed E-state index contributed by atoms with van der Waals surface area (Å²) in [7, 11) is -3.53. The van der Waals surface area contributed by atoms with Crippen molar-refractivity contribution in [2.75, 3.05) is 18.4 Å². The number of anilines is 1. The SMILES string of the molecule is CCCCNS(=O)(=O)c1ccc(NC(=O)[C@H]2CC(=O)N(C3CCCCC3)C2)cc1. The summed E-state index contributed by atoms with van der Waals surface area (Å²) in [6.07, 6.45) is 7.52. The van der Waals surface area contributed by atoms with Crippen LogP contribution in [-0.2, 0) is 19.6 Å². The lowest BCUT2D eigenvalue weighted by Gasteiger charge is -2.31. The third-order valence-electron chi connectivity index (χ3n) is 5.80. The van der Waals surface area contributed by atoms with Crippen LogP contribution in [0.5, 0.6) is 0 Å². The van der Waals surface area contributed by atoms with Crippen molar-refractivity contribution in [3.8, 4) is 0 Å². The van der Waals surface area contributed by atoms with E-state index in [1.807, 2.05) is 11.8 Å². The number of hydrogen-bond acceptors (Lipinski definition) is 4. The van der Waals surface area contributed by atoms with E-state index in [9.17, 15) is 18.0 Å². The van der Waals surface area contributed by atoms with Gasteiger partial charge >= 0.3 is 0 Å². The molecule has 0 spiro atoms. The summed E-state index contributed by atoms with van der Waals surface area (Å²) < 4.78 is 27.0. The van der Waals surface area contributed by atoms with E-state index in [0.29, 0.717) is 18.8 Å². The van der Waals surface area contributed by atoms with Gasteiger partial charge in [0.2, 0.25) is 21.8 Å². The number of benzene rings is 1. The van der Waals surface area contributed by atoms with E-state index in [-0.39, 0.29) is 35.1 Å². The maximum absolute atomic E-state index is 12.6. The van der Waals surface area contributed by atoms with Gasteiger partial charge in [-0.05, 0) is 43.5 Å². The van der Waals surface area contributed by atoms with Crippen LogP contribution >= 0.6 is 0 Å². The van der Waals surface area contributed by atoms with Crippen molar-refractivity contribution in [1.29, 1.82) is 0 Å². The normalized spacial score (nSPS) is 20.8. The Hall–Kier alpha value is -1.93. The molecule has 1 heterocycles. The molecule has 1 saturated heterocycles. The first-order chi connectivity index (χ1) is 13.9. The quantitative estimate of drug-likeness (QED) is 0.631. The fourth-order valence-corrected chi connectivity index (χ4v) is 5.16. The molecule has 3 rings (SSSR count). The number of rotatable bonds is 8. The van der Waals surface area contributed by atoms with Crippen molar-refractivity contribution in [2.24, 2.45) is 5.92 Å². The van der Waals surface area contributed by atoms with Crippen LogP contribution in [-0.4, -0.2) is 44.3 Å². The summed E-state index contributed by atoms with van der Waals surface area (Å²) in [6, 6.07) is 6.42. The first-order valence-corrected chi connectivity index (χ1v) is 12.1. The molecule has 8 heteroatoms. The fourth-order valence-electron chi connectivity index (χ4n) is 4.08. The lowest BCUT2D eigenvalue weighted by atomic mass is 9.94. The Morgan fingerprint density at radius 1 is 1.14 bits per heavy atom. The van der Waals surface area contributed by atoms with E-state index >= 15 is 0 Å². The molecule has 1 atom stereocenters. The van der Waals surface area contributed by atoms with Gasteiger partial charge in [-0.25, -0.2) is 13.1 Å². The average Bonchev–Trinajstić information content (AvgIpc) is 3.11. The molecule has 0 bridgehead atoms. The van der Waals surface area contributed by atoms with Crippen molar-refractivity contribution >= 4 is 27.5 Å². The van der Waals surface area contributed by atoms with E-state index in [1.54, 1.807) is 12.1 Å². The van der Waals surface area contributed by atoms with Gasteiger partial charge in [-0.15, -0.1) is 0 Å². The maximum Gasteiger partial charge on any atom is 0.240 e. The highest BCUT2D eigenvalue weighted by Gasteiger charge is 2.38. The van der Waals surface area contributed by atoms with Crippen molar-refractivity contribution in [3.05, 3.63) is 24.3 Å². The van der Waals surface area contributed by atoms with Crippen LogP contribution in [0.2, 0.25) is 0 Å². The molecule has 0 radical (unpaired) electrons. The first-order valence-electron chi connectivity index (χ1n) is 10.6. The number of sulfonamides is 1. The van der Waals surface area contributed by atoms with Crippen molar-refractivity contribution in [3.63, 3.8) is 0 Å². The smallest absolute Gasteiger partial charge is 0.240 e. The Balaban J connectivity index is 1.56. The molecule has 1 saturated carbocycles. The first kappa shape index (κ1) is 21.8. The lowest BCUT2D eigenvalue weighted by molar-refractivity contribution is -0.130. The molecule has 160 valence electrons. The Morgan fingerprint density at radius 2 is 1.83 bits per heavy atom. The van der Waals surface area contributed by atoms with E-state index in [2.05, 4.69) is 10.0 Å². The number of carbonyl (C=O) groups is 2. The highest BCUT2D eigenvalue weighted by Crippen LogP contribution is 2.29. The maximum atomic E-state index is 12.6. The molecule has 29 heavy (non-hydrogen) atoms. The second-order valence-electron chi connectivity index (χ2n) is 8.00. The third-order valence-corrected chi connectivity index (χ3v) is 7.28. The van der Waals surface area contributed by atoms with Crippen LogP contribution in [0.15, 0.2) is 29.2 Å². The predicted molar refractivity (Wildman–Crippen MR) is 112 cm³/mol. The molecule has 2 amide bonds. The van der Waals surface area contributed by atoms with Gasteiger partial charge in [0.25, 0.3) is 0 Å². The molecule has 0 aromatic heterocycles. The molecule has 0 unspecified atom stereocenters. The van der Waals surface area contributed by atoms with Crippen LogP contribution in [0.25, 0.3) is 0 Å². The Morgan fingerprint density at radius 3 is 2.48 bits per heavy atom. The number of hydrogen-bond donors (Lipinski definition) is 2. The van der Waals surface area contributed by atoms with Crippen molar-refractivity contribution < 1.29 is 18.0 Å². The zero-order chi connectivity index (χ0) is 20.9.